The summed E-state index contributed by atoms with van der Waals surface area (Å²) < 4.78 is 43.9. The van der Waals surface area contributed by atoms with E-state index in [-0.39, 0.29) is 10.7 Å². The smallest absolute Gasteiger partial charge is 0.322 e. The number of likely N-dealkylation sites (N-methyl/N-ethyl adjacent to an activating group) is 1. The number of benzene rings is 2. The van der Waals surface area contributed by atoms with Crippen molar-refractivity contribution in [3.05, 3.63) is 65.0 Å². The van der Waals surface area contributed by atoms with Crippen LogP contribution in [0.2, 0.25) is 0 Å². The topological polar surface area (TPSA) is 80.8 Å². The maximum Gasteiger partial charge on any atom is 0.322 e. The fourth-order valence-corrected chi connectivity index (χ4v) is 4.42. The highest BCUT2D eigenvalue weighted by Crippen LogP contribution is 2.23. The zero-order chi connectivity index (χ0) is 21.2. The monoisotopic (exact) mass is 419 g/mol. The molecule has 0 saturated carbocycles. The highest BCUT2D eigenvalue weighted by Gasteiger charge is 2.26. The largest absolute Gasteiger partial charge is 0.453 e. The lowest BCUT2D eigenvalue weighted by Gasteiger charge is -2.18. The molecule has 1 atom stereocenters. The van der Waals surface area contributed by atoms with E-state index in [1.807, 2.05) is 12.1 Å². The van der Waals surface area contributed by atoms with E-state index in [4.69, 9.17) is 4.74 Å². The Kier molecular flexibility index (Phi) is 6.14. The third-order valence-corrected chi connectivity index (χ3v) is 6.75. The third kappa shape index (κ3) is 4.71. The van der Waals surface area contributed by atoms with Gasteiger partial charge in [-0.3, -0.25) is 9.59 Å². The highest BCUT2D eigenvalue weighted by molar-refractivity contribution is 7.89. The van der Waals surface area contributed by atoms with Crippen molar-refractivity contribution >= 4 is 21.8 Å². The number of carbonyl (C=O) groups excluding carboxylic acids is 2. The van der Waals surface area contributed by atoms with Crippen LogP contribution in [-0.4, -0.2) is 44.2 Å². The van der Waals surface area contributed by atoms with Crippen molar-refractivity contribution in [2.24, 2.45) is 0 Å². The normalized spacial score (nSPS) is 14.5. The summed E-state index contributed by atoms with van der Waals surface area (Å²) in [5.41, 5.74) is 2.84. The number of nitrogens with zero attached hydrogens (tertiary/aromatic N) is 1. The minimum Gasteiger partial charge on any atom is -0.453 e. The Morgan fingerprint density at radius 2 is 1.76 bits per heavy atom. The first-order valence-electron chi connectivity index (χ1n) is 9.26. The molecular weight excluding hydrogens is 397 g/mol. The lowest BCUT2D eigenvalue weighted by Crippen LogP contribution is -2.35. The van der Waals surface area contributed by atoms with Crippen LogP contribution < -0.4 is 0 Å². The summed E-state index contributed by atoms with van der Waals surface area (Å²) in [4.78, 5) is 24.6. The van der Waals surface area contributed by atoms with Gasteiger partial charge in [0.15, 0.2) is 6.10 Å². The van der Waals surface area contributed by atoms with Crippen molar-refractivity contribution in [2.75, 3.05) is 13.6 Å². The van der Waals surface area contributed by atoms with Crippen LogP contribution in [0.25, 0.3) is 0 Å². The van der Waals surface area contributed by atoms with Gasteiger partial charge in [-0.2, -0.15) is 4.31 Å². The van der Waals surface area contributed by atoms with Gasteiger partial charge in [0, 0.05) is 12.6 Å². The van der Waals surface area contributed by atoms with E-state index in [0.717, 1.165) is 53.4 Å². The fourth-order valence-electron chi connectivity index (χ4n) is 3.30. The average Bonchev–Trinajstić information content (AvgIpc) is 3.15. The Labute approximate surface area is 169 Å². The van der Waals surface area contributed by atoms with Gasteiger partial charge in [-0.15, -0.1) is 0 Å². The molecule has 0 fully saturated rings. The van der Waals surface area contributed by atoms with Crippen molar-refractivity contribution in [1.82, 2.24) is 4.31 Å². The van der Waals surface area contributed by atoms with Gasteiger partial charge in [0.05, 0.1) is 4.90 Å². The van der Waals surface area contributed by atoms with Crippen LogP contribution in [0.1, 0.15) is 34.8 Å². The molecule has 0 spiro atoms. The van der Waals surface area contributed by atoms with Gasteiger partial charge < -0.3 is 4.74 Å². The summed E-state index contributed by atoms with van der Waals surface area (Å²) in [6.45, 7) is 0.892. The first-order chi connectivity index (χ1) is 13.7. The molecule has 6 nitrogen and oxygen atoms in total. The van der Waals surface area contributed by atoms with Crippen LogP contribution in [0.5, 0.6) is 0 Å². The van der Waals surface area contributed by atoms with Crippen LogP contribution in [0, 0.1) is 5.82 Å². The molecule has 0 aromatic heterocycles. The SMILES string of the molecule is C[C@H](OC(=O)CN(C)S(=O)(=O)c1ccc(F)cc1)C(=O)c1ccc2c(c1)CCC2. The van der Waals surface area contributed by atoms with Crippen molar-refractivity contribution in [1.29, 1.82) is 0 Å². The molecule has 0 amide bonds. The van der Waals surface area contributed by atoms with E-state index in [2.05, 4.69) is 0 Å². The van der Waals surface area contributed by atoms with E-state index in [1.54, 1.807) is 6.07 Å². The standard InChI is InChI=1S/C21H22FNO5S/c1-14(21(25)17-7-6-15-4-3-5-16(15)12-17)28-20(24)13-23(2)29(26,27)19-10-8-18(22)9-11-19/h6-12,14H,3-5,13H2,1-2H3/t14-/m0/s1. The molecule has 0 bridgehead atoms. The van der Waals surface area contributed by atoms with Gasteiger partial charge >= 0.3 is 5.97 Å². The number of fused-ring (bicyclic) bond motifs is 1. The van der Waals surface area contributed by atoms with Crippen LogP contribution in [-0.2, 0) is 32.4 Å². The second-order valence-electron chi connectivity index (χ2n) is 7.05. The van der Waals surface area contributed by atoms with Gasteiger partial charge in [-0.25, -0.2) is 12.8 Å². The van der Waals surface area contributed by atoms with Crippen molar-refractivity contribution in [2.45, 2.75) is 37.2 Å². The number of hydrogen-bond acceptors (Lipinski definition) is 5. The minimum atomic E-state index is -3.98. The summed E-state index contributed by atoms with van der Waals surface area (Å²) in [5.74, 6) is -1.75. The van der Waals surface area contributed by atoms with E-state index in [0.29, 0.717) is 5.56 Å². The summed E-state index contributed by atoms with van der Waals surface area (Å²) in [6, 6.07) is 9.76. The number of sulfonamides is 1. The van der Waals surface area contributed by atoms with Gasteiger partial charge in [0.25, 0.3) is 0 Å². The first-order valence-corrected chi connectivity index (χ1v) is 10.7. The minimum absolute atomic E-state index is 0.142. The molecule has 29 heavy (non-hydrogen) atoms. The molecule has 2 aromatic rings. The number of esters is 1. The summed E-state index contributed by atoms with van der Waals surface area (Å²) >= 11 is 0. The maximum absolute atomic E-state index is 13.0. The van der Waals surface area contributed by atoms with E-state index < -0.39 is 34.5 Å². The van der Waals surface area contributed by atoms with Crippen molar-refractivity contribution in [3.8, 4) is 0 Å². The lowest BCUT2D eigenvalue weighted by atomic mass is 10.0. The molecule has 3 rings (SSSR count). The zero-order valence-corrected chi connectivity index (χ0v) is 17.0. The number of Topliss-reactive ketones (excluding diaryl/α,β-unsaturated/α-hetero) is 1. The van der Waals surface area contributed by atoms with E-state index >= 15 is 0 Å². The molecule has 2 aromatic carbocycles. The van der Waals surface area contributed by atoms with Gasteiger partial charge in [0.1, 0.15) is 12.4 Å². The predicted octanol–water partition coefficient (Wildman–Crippen LogP) is 2.75. The quantitative estimate of drug-likeness (QED) is 0.509. The molecular formula is C21H22FNO5S. The number of carbonyl (C=O) groups is 2. The Hall–Kier alpha value is -2.58. The summed E-state index contributed by atoms with van der Waals surface area (Å²) in [6.07, 6.45) is 1.95. The zero-order valence-electron chi connectivity index (χ0n) is 16.2. The molecule has 1 aliphatic rings. The predicted molar refractivity (Wildman–Crippen MR) is 105 cm³/mol. The van der Waals surface area contributed by atoms with Gasteiger partial charge in [0.2, 0.25) is 15.8 Å². The van der Waals surface area contributed by atoms with Crippen LogP contribution in [0.15, 0.2) is 47.4 Å². The van der Waals surface area contributed by atoms with Gasteiger partial charge in [-0.1, -0.05) is 12.1 Å². The molecule has 0 N–H and O–H groups in total. The van der Waals surface area contributed by atoms with Crippen molar-refractivity contribution < 1.29 is 27.1 Å². The molecule has 8 heteroatoms. The lowest BCUT2D eigenvalue weighted by molar-refractivity contribution is -0.146. The Balaban J connectivity index is 1.62. The molecule has 0 aliphatic heterocycles. The van der Waals surface area contributed by atoms with Crippen LogP contribution in [0.4, 0.5) is 4.39 Å². The molecule has 154 valence electrons. The number of hydrogen-bond donors (Lipinski definition) is 0. The Bertz CT molecular complexity index is 1030. The molecule has 0 saturated heterocycles. The molecule has 0 unspecified atom stereocenters. The third-order valence-electron chi connectivity index (χ3n) is 4.93. The average molecular weight is 419 g/mol. The highest BCUT2D eigenvalue weighted by atomic mass is 32.2. The van der Waals surface area contributed by atoms with Gasteiger partial charge in [-0.05, 0) is 67.6 Å². The fraction of sp³-hybridized carbons (Fsp3) is 0.333. The Morgan fingerprint density at radius 1 is 1.10 bits per heavy atom. The maximum atomic E-state index is 13.0. The number of rotatable bonds is 7. The van der Waals surface area contributed by atoms with E-state index in [9.17, 15) is 22.4 Å². The molecule has 0 radical (unpaired) electrons. The Morgan fingerprint density at radius 3 is 2.45 bits per heavy atom. The number of ether oxygens (including phenoxy) is 1. The second kappa shape index (κ2) is 8.42. The van der Waals surface area contributed by atoms with Crippen LogP contribution >= 0.6 is 0 Å². The van der Waals surface area contributed by atoms with Crippen LogP contribution in [0.3, 0.4) is 0 Å². The molecule has 1 aliphatic carbocycles. The first kappa shape index (κ1) is 21.1. The summed E-state index contributed by atoms with van der Waals surface area (Å²) in [7, 11) is -2.77. The number of aryl methyl sites for hydroxylation is 2. The van der Waals surface area contributed by atoms with Crippen molar-refractivity contribution in [3.63, 3.8) is 0 Å². The number of halogens is 1. The number of ketones is 1. The summed E-state index contributed by atoms with van der Waals surface area (Å²) in [5, 5.41) is 0. The second-order valence-corrected chi connectivity index (χ2v) is 9.09. The van der Waals surface area contributed by atoms with E-state index in [1.165, 1.54) is 19.5 Å². The molecule has 0 heterocycles.